The number of amides is 1. The molecule has 0 aliphatic carbocycles. The lowest BCUT2D eigenvalue weighted by Crippen LogP contribution is -2.18. The van der Waals surface area contributed by atoms with Crippen molar-refractivity contribution >= 4 is 28.2 Å². The van der Waals surface area contributed by atoms with Gasteiger partial charge in [-0.15, -0.1) is 0 Å². The third kappa shape index (κ3) is 2.91. The number of nitrogens with one attached hydrogen (secondary N) is 1. The van der Waals surface area contributed by atoms with Crippen molar-refractivity contribution in [2.24, 2.45) is 5.73 Å². The molecule has 1 heterocycles. The number of rotatable bonds is 5. The number of nitrogens with two attached hydrogens (primary N) is 1. The fourth-order valence-electron chi connectivity index (χ4n) is 1.83. The van der Waals surface area contributed by atoms with Gasteiger partial charge >= 0.3 is 6.09 Å². The molecule has 0 aliphatic heterocycles. The van der Waals surface area contributed by atoms with Crippen molar-refractivity contribution in [3.05, 3.63) is 40.7 Å². The summed E-state index contributed by atoms with van der Waals surface area (Å²) in [6.45, 7) is 0.455. The Labute approximate surface area is 113 Å². The maximum Gasteiger partial charge on any atom is 0.404 e. The van der Waals surface area contributed by atoms with Crippen LogP contribution in [0.15, 0.2) is 30.6 Å². The Hall–Kier alpha value is -2.90. The molecule has 0 unspecified atom stereocenters. The minimum atomic E-state index is -0.843. The van der Waals surface area contributed by atoms with Crippen LogP contribution in [0.1, 0.15) is 0 Å². The Bertz CT molecular complexity index is 659. The Kier molecular flexibility index (Phi) is 3.94. The average molecular weight is 276 g/mol. The summed E-state index contributed by atoms with van der Waals surface area (Å²) >= 11 is 0. The molecule has 0 aliphatic rings. The monoisotopic (exact) mass is 276 g/mol. The van der Waals surface area contributed by atoms with E-state index in [1.54, 1.807) is 18.3 Å². The van der Waals surface area contributed by atoms with Crippen molar-refractivity contribution in [1.82, 2.24) is 4.98 Å². The number of nitro benzene ring substituents is 1. The van der Waals surface area contributed by atoms with E-state index in [2.05, 4.69) is 15.0 Å². The highest BCUT2D eigenvalue weighted by atomic mass is 16.6. The maximum absolute atomic E-state index is 10.9. The predicted molar refractivity (Wildman–Crippen MR) is 72.4 cm³/mol. The van der Waals surface area contributed by atoms with E-state index in [9.17, 15) is 14.9 Å². The SMILES string of the molecule is NC(=O)OCCNc1ccc([N+](=O)[O-])c2cnccc12. The molecule has 1 aromatic heterocycles. The molecule has 0 radical (unpaired) electrons. The van der Waals surface area contributed by atoms with Gasteiger partial charge in [0.15, 0.2) is 0 Å². The minimum Gasteiger partial charge on any atom is -0.448 e. The van der Waals surface area contributed by atoms with E-state index in [0.717, 1.165) is 0 Å². The lowest BCUT2D eigenvalue weighted by Gasteiger charge is -2.09. The van der Waals surface area contributed by atoms with Crippen molar-refractivity contribution in [1.29, 1.82) is 0 Å². The fraction of sp³-hybridized carbons (Fsp3) is 0.167. The zero-order chi connectivity index (χ0) is 14.5. The topological polar surface area (TPSA) is 120 Å². The van der Waals surface area contributed by atoms with Gasteiger partial charge in [-0.25, -0.2) is 4.79 Å². The van der Waals surface area contributed by atoms with Crippen molar-refractivity contribution in [2.75, 3.05) is 18.5 Å². The van der Waals surface area contributed by atoms with Crippen LogP contribution in [-0.2, 0) is 4.74 Å². The molecule has 2 rings (SSSR count). The van der Waals surface area contributed by atoms with Crippen LogP contribution in [0.3, 0.4) is 0 Å². The number of non-ortho nitro benzene ring substituents is 1. The number of pyridine rings is 1. The molecule has 0 bridgehead atoms. The standard InChI is InChI=1S/C12H12N4O4/c13-12(17)20-6-5-15-10-1-2-11(16(18)19)9-7-14-4-3-8(9)10/h1-4,7,15H,5-6H2,(H2,13,17). The maximum atomic E-state index is 10.9. The molecular formula is C12H12N4O4. The van der Waals surface area contributed by atoms with Crippen LogP contribution in [0, 0.1) is 10.1 Å². The first-order valence-electron chi connectivity index (χ1n) is 5.77. The number of carbonyl (C=O) groups excluding carboxylic acids is 1. The molecule has 3 N–H and O–H groups in total. The van der Waals surface area contributed by atoms with E-state index in [-0.39, 0.29) is 12.3 Å². The number of hydrogen-bond acceptors (Lipinski definition) is 6. The third-order valence-electron chi connectivity index (χ3n) is 2.65. The second kappa shape index (κ2) is 5.83. The fourth-order valence-corrected chi connectivity index (χ4v) is 1.83. The van der Waals surface area contributed by atoms with Crippen LogP contribution < -0.4 is 11.1 Å². The molecule has 0 saturated carbocycles. The van der Waals surface area contributed by atoms with Crippen LogP contribution in [-0.4, -0.2) is 29.2 Å². The van der Waals surface area contributed by atoms with E-state index in [0.29, 0.717) is 23.0 Å². The minimum absolute atomic E-state index is 0.00737. The molecule has 8 heteroatoms. The first-order valence-corrected chi connectivity index (χ1v) is 5.77. The van der Waals surface area contributed by atoms with E-state index < -0.39 is 11.0 Å². The molecule has 0 spiro atoms. The second-order valence-electron chi connectivity index (χ2n) is 3.90. The van der Waals surface area contributed by atoms with Gasteiger partial charge in [-0.05, 0) is 12.1 Å². The number of ether oxygens (including phenoxy) is 1. The molecule has 20 heavy (non-hydrogen) atoms. The van der Waals surface area contributed by atoms with Crippen molar-refractivity contribution < 1.29 is 14.5 Å². The summed E-state index contributed by atoms with van der Waals surface area (Å²) in [4.78, 5) is 24.8. The normalized spacial score (nSPS) is 10.2. The largest absolute Gasteiger partial charge is 0.448 e. The van der Waals surface area contributed by atoms with Gasteiger partial charge in [0.1, 0.15) is 6.61 Å². The van der Waals surface area contributed by atoms with Gasteiger partial charge in [0, 0.05) is 36.1 Å². The van der Waals surface area contributed by atoms with Gasteiger partial charge in [-0.1, -0.05) is 0 Å². The van der Waals surface area contributed by atoms with E-state index >= 15 is 0 Å². The predicted octanol–water partition coefficient (Wildman–Crippen LogP) is 1.65. The quantitative estimate of drug-likeness (QED) is 0.486. The van der Waals surface area contributed by atoms with Crippen LogP contribution in [0.4, 0.5) is 16.2 Å². The van der Waals surface area contributed by atoms with E-state index in [4.69, 9.17) is 5.73 Å². The van der Waals surface area contributed by atoms with Gasteiger partial charge in [0.2, 0.25) is 0 Å². The Balaban J connectivity index is 2.24. The smallest absolute Gasteiger partial charge is 0.404 e. The molecule has 1 aromatic carbocycles. The summed E-state index contributed by atoms with van der Waals surface area (Å²) in [6, 6.07) is 4.69. The summed E-state index contributed by atoms with van der Waals surface area (Å²) in [6.07, 6.45) is 2.15. The summed E-state index contributed by atoms with van der Waals surface area (Å²) in [5.74, 6) is 0. The highest BCUT2D eigenvalue weighted by Crippen LogP contribution is 2.30. The Morgan fingerprint density at radius 2 is 2.20 bits per heavy atom. The van der Waals surface area contributed by atoms with E-state index in [1.807, 2.05) is 0 Å². The molecule has 0 atom stereocenters. The van der Waals surface area contributed by atoms with Crippen LogP contribution in [0.2, 0.25) is 0 Å². The number of hydrogen-bond donors (Lipinski definition) is 2. The summed E-state index contributed by atoms with van der Waals surface area (Å²) in [5.41, 5.74) is 5.53. The van der Waals surface area contributed by atoms with Crippen LogP contribution in [0.5, 0.6) is 0 Å². The molecular weight excluding hydrogens is 264 g/mol. The van der Waals surface area contributed by atoms with Crippen molar-refractivity contribution in [3.8, 4) is 0 Å². The Morgan fingerprint density at radius 1 is 1.40 bits per heavy atom. The van der Waals surface area contributed by atoms with Gasteiger partial charge < -0.3 is 15.8 Å². The van der Waals surface area contributed by atoms with Crippen LogP contribution >= 0.6 is 0 Å². The second-order valence-corrected chi connectivity index (χ2v) is 3.90. The molecule has 0 fully saturated rings. The van der Waals surface area contributed by atoms with Crippen molar-refractivity contribution in [3.63, 3.8) is 0 Å². The molecule has 1 amide bonds. The number of nitro groups is 1. The average Bonchev–Trinajstić information content (AvgIpc) is 2.43. The third-order valence-corrected chi connectivity index (χ3v) is 2.65. The Morgan fingerprint density at radius 3 is 2.90 bits per heavy atom. The van der Waals surface area contributed by atoms with Crippen LogP contribution in [0.25, 0.3) is 10.8 Å². The zero-order valence-corrected chi connectivity index (χ0v) is 10.4. The lowest BCUT2D eigenvalue weighted by molar-refractivity contribution is -0.383. The molecule has 8 nitrogen and oxygen atoms in total. The summed E-state index contributed by atoms with van der Waals surface area (Å²) in [5, 5.41) is 15.1. The molecule has 2 aromatic rings. The van der Waals surface area contributed by atoms with E-state index in [1.165, 1.54) is 12.3 Å². The molecule has 104 valence electrons. The van der Waals surface area contributed by atoms with Gasteiger partial charge in [-0.3, -0.25) is 15.1 Å². The first-order chi connectivity index (χ1) is 9.59. The number of benzene rings is 1. The number of aromatic nitrogens is 1. The van der Waals surface area contributed by atoms with Crippen molar-refractivity contribution in [2.45, 2.75) is 0 Å². The summed E-state index contributed by atoms with van der Waals surface area (Å²) < 4.78 is 4.59. The number of primary amides is 1. The van der Waals surface area contributed by atoms with Gasteiger partial charge in [0.25, 0.3) is 5.69 Å². The zero-order valence-electron chi connectivity index (χ0n) is 10.4. The number of carbonyl (C=O) groups is 1. The number of anilines is 1. The highest BCUT2D eigenvalue weighted by Gasteiger charge is 2.13. The molecule has 0 saturated heterocycles. The lowest BCUT2D eigenvalue weighted by atomic mass is 10.1. The number of fused-ring (bicyclic) bond motifs is 1. The summed E-state index contributed by atoms with van der Waals surface area (Å²) in [7, 11) is 0. The first kappa shape index (κ1) is 13.5. The number of nitrogens with zero attached hydrogens (tertiary/aromatic N) is 2. The highest BCUT2D eigenvalue weighted by molar-refractivity contribution is 5.99. The van der Waals surface area contributed by atoms with Gasteiger partial charge in [-0.2, -0.15) is 0 Å². The van der Waals surface area contributed by atoms with Gasteiger partial charge in [0.05, 0.1) is 10.3 Å².